The highest BCUT2D eigenvalue weighted by molar-refractivity contribution is 9.10. The number of thioether (sulfide) groups is 1. The van der Waals surface area contributed by atoms with E-state index in [0.29, 0.717) is 23.5 Å². The number of rotatable bonds is 5. The highest BCUT2D eigenvalue weighted by Gasteiger charge is 2.21. The highest BCUT2D eigenvalue weighted by atomic mass is 79.9. The van der Waals surface area contributed by atoms with Crippen LogP contribution >= 0.6 is 27.7 Å². The highest BCUT2D eigenvalue weighted by Crippen LogP contribution is 2.25. The van der Waals surface area contributed by atoms with Crippen molar-refractivity contribution < 1.29 is 8.42 Å². The molecule has 0 radical (unpaired) electrons. The molecule has 2 rings (SSSR count). The molecule has 0 bridgehead atoms. The van der Waals surface area contributed by atoms with Crippen molar-refractivity contribution in [1.82, 2.24) is 4.72 Å². The second kappa shape index (κ2) is 6.58. The van der Waals surface area contributed by atoms with Crippen molar-refractivity contribution in [3.05, 3.63) is 28.2 Å². The van der Waals surface area contributed by atoms with Gasteiger partial charge in [0.15, 0.2) is 0 Å². The molecule has 1 heterocycles. The first kappa shape index (κ1) is 15.3. The van der Waals surface area contributed by atoms with E-state index in [2.05, 4.69) is 20.7 Å². The van der Waals surface area contributed by atoms with Crippen LogP contribution in [0.2, 0.25) is 0 Å². The Morgan fingerprint density at radius 1 is 1.47 bits per heavy atom. The Hall–Kier alpha value is -0.0800. The van der Waals surface area contributed by atoms with Crippen molar-refractivity contribution in [1.29, 1.82) is 0 Å². The molecule has 1 aromatic rings. The van der Waals surface area contributed by atoms with Gasteiger partial charge in [-0.3, -0.25) is 0 Å². The fourth-order valence-electron chi connectivity index (χ4n) is 1.93. The Morgan fingerprint density at radius 2 is 2.26 bits per heavy atom. The molecule has 0 aromatic heterocycles. The lowest BCUT2D eigenvalue weighted by atomic mass is 10.1. The minimum atomic E-state index is -3.47. The summed E-state index contributed by atoms with van der Waals surface area (Å²) in [5.74, 6) is 2.60. The summed E-state index contributed by atoms with van der Waals surface area (Å²) in [5, 5.41) is 0. The van der Waals surface area contributed by atoms with E-state index in [1.165, 1.54) is 0 Å². The van der Waals surface area contributed by atoms with Gasteiger partial charge in [-0.1, -0.05) is 6.07 Å². The van der Waals surface area contributed by atoms with Crippen molar-refractivity contribution in [3.8, 4) is 0 Å². The van der Waals surface area contributed by atoms with Crippen molar-refractivity contribution in [2.45, 2.75) is 17.9 Å². The molecule has 106 valence electrons. The van der Waals surface area contributed by atoms with Gasteiger partial charge in [-0.15, -0.1) is 0 Å². The molecule has 19 heavy (non-hydrogen) atoms. The molecule has 0 amide bonds. The van der Waals surface area contributed by atoms with Crippen molar-refractivity contribution in [3.63, 3.8) is 0 Å². The van der Waals surface area contributed by atoms with E-state index in [-0.39, 0.29) is 4.90 Å². The monoisotopic (exact) mass is 364 g/mol. The van der Waals surface area contributed by atoms with E-state index in [4.69, 9.17) is 5.73 Å². The molecular formula is C12H17BrN2O2S2. The topological polar surface area (TPSA) is 72.2 Å². The lowest BCUT2D eigenvalue weighted by molar-refractivity contribution is 0.545. The first-order chi connectivity index (χ1) is 9.03. The number of nitrogens with one attached hydrogen (secondary N) is 1. The van der Waals surface area contributed by atoms with Crippen LogP contribution in [-0.2, 0) is 16.6 Å². The maximum atomic E-state index is 12.3. The maximum Gasteiger partial charge on any atom is 0.241 e. The molecule has 1 aliphatic heterocycles. The Kier molecular flexibility index (Phi) is 5.30. The van der Waals surface area contributed by atoms with E-state index in [1.54, 1.807) is 12.1 Å². The summed E-state index contributed by atoms with van der Waals surface area (Å²) in [4.78, 5) is 0.265. The fraction of sp³-hybridized carbons (Fsp3) is 0.500. The fourth-order valence-corrected chi connectivity index (χ4v) is 5.34. The van der Waals surface area contributed by atoms with Gasteiger partial charge in [-0.2, -0.15) is 11.8 Å². The third-order valence-electron chi connectivity index (χ3n) is 3.11. The predicted octanol–water partition coefficient (Wildman–Crippen LogP) is 1.94. The molecule has 1 unspecified atom stereocenters. The summed E-state index contributed by atoms with van der Waals surface area (Å²) in [6.45, 7) is 0.837. The summed E-state index contributed by atoms with van der Waals surface area (Å²) in [6.07, 6.45) is 1.08. The normalized spacial score (nSPS) is 19.8. The Labute approximate surface area is 126 Å². The van der Waals surface area contributed by atoms with Gasteiger partial charge in [0.1, 0.15) is 0 Å². The van der Waals surface area contributed by atoms with Gasteiger partial charge >= 0.3 is 0 Å². The van der Waals surface area contributed by atoms with Gasteiger partial charge in [-0.25, -0.2) is 13.1 Å². The summed E-state index contributed by atoms with van der Waals surface area (Å²) < 4.78 is 27.8. The lowest BCUT2D eigenvalue weighted by Crippen LogP contribution is -2.29. The van der Waals surface area contributed by atoms with Gasteiger partial charge in [0, 0.05) is 17.6 Å². The third-order valence-corrected chi connectivity index (χ3v) is 6.76. The smallest absolute Gasteiger partial charge is 0.241 e. The molecule has 1 atom stereocenters. The Bertz CT molecular complexity index is 543. The average Bonchev–Trinajstić information content (AvgIpc) is 2.90. The SMILES string of the molecule is NCc1ccc(Br)c(S(=O)(=O)NCC2CCSC2)c1. The van der Waals surface area contributed by atoms with Crippen LogP contribution in [-0.4, -0.2) is 26.5 Å². The zero-order valence-electron chi connectivity index (χ0n) is 10.4. The van der Waals surface area contributed by atoms with E-state index >= 15 is 0 Å². The van der Waals surface area contributed by atoms with Crippen LogP contribution in [0.1, 0.15) is 12.0 Å². The maximum absolute atomic E-state index is 12.3. The molecule has 1 saturated heterocycles. The minimum Gasteiger partial charge on any atom is -0.326 e. The van der Waals surface area contributed by atoms with Gasteiger partial charge in [0.25, 0.3) is 0 Å². The molecule has 1 fully saturated rings. The molecule has 0 spiro atoms. The van der Waals surface area contributed by atoms with Crippen LogP contribution in [0, 0.1) is 5.92 Å². The summed E-state index contributed by atoms with van der Waals surface area (Å²) >= 11 is 5.16. The number of halogens is 1. The summed E-state index contributed by atoms with van der Waals surface area (Å²) in [5.41, 5.74) is 6.36. The van der Waals surface area contributed by atoms with Crippen LogP contribution in [0.5, 0.6) is 0 Å². The molecule has 3 N–H and O–H groups in total. The molecule has 4 nitrogen and oxygen atoms in total. The summed E-state index contributed by atoms with van der Waals surface area (Å²) in [6, 6.07) is 5.16. The predicted molar refractivity (Wildman–Crippen MR) is 82.7 cm³/mol. The quantitative estimate of drug-likeness (QED) is 0.837. The van der Waals surface area contributed by atoms with Gasteiger partial charge in [-0.05, 0) is 57.5 Å². The van der Waals surface area contributed by atoms with Crippen LogP contribution in [0.25, 0.3) is 0 Å². The molecular weight excluding hydrogens is 348 g/mol. The van der Waals surface area contributed by atoms with Crippen molar-refractivity contribution in [2.24, 2.45) is 11.7 Å². The first-order valence-electron chi connectivity index (χ1n) is 6.09. The van der Waals surface area contributed by atoms with Crippen molar-refractivity contribution >= 4 is 37.7 Å². The van der Waals surface area contributed by atoms with Crippen LogP contribution < -0.4 is 10.5 Å². The largest absolute Gasteiger partial charge is 0.326 e. The second-order valence-electron chi connectivity index (χ2n) is 4.55. The Balaban J connectivity index is 2.13. The molecule has 0 aliphatic carbocycles. The zero-order valence-corrected chi connectivity index (χ0v) is 13.7. The number of sulfonamides is 1. The van der Waals surface area contributed by atoms with Gasteiger partial charge in [0.2, 0.25) is 10.0 Å². The van der Waals surface area contributed by atoms with E-state index in [9.17, 15) is 8.42 Å². The van der Waals surface area contributed by atoms with Crippen molar-refractivity contribution in [2.75, 3.05) is 18.1 Å². The molecule has 1 aromatic carbocycles. The second-order valence-corrected chi connectivity index (χ2v) is 8.29. The Morgan fingerprint density at radius 3 is 2.89 bits per heavy atom. The average molecular weight is 365 g/mol. The molecule has 7 heteroatoms. The number of hydrogen-bond acceptors (Lipinski definition) is 4. The van der Waals surface area contributed by atoms with Crippen LogP contribution in [0.15, 0.2) is 27.6 Å². The van der Waals surface area contributed by atoms with E-state index < -0.39 is 10.0 Å². The third kappa shape index (κ3) is 3.95. The number of benzene rings is 1. The molecule has 1 aliphatic rings. The van der Waals surface area contributed by atoms with Crippen LogP contribution in [0.3, 0.4) is 0 Å². The lowest BCUT2D eigenvalue weighted by Gasteiger charge is -2.12. The number of nitrogens with two attached hydrogens (primary N) is 1. The minimum absolute atomic E-state index is 0.265. The summed E-state index contributed by atoms with van der Waals surface area (Å²) in [7, 11) is -3.47. The van der Waals surface area contributed by atoms with E-state index in [1.807, 2.05) is 17.8 Å². The van der Waals surface area contributed by atoms with Crippen LogP contribution in [0.4, 0.5) is 0 Å². The standard InChI is InChI=1S/C12H17BrN2O2S2/c13-11-2-1-9(6-14)5-12(11)19(16,17)15-7-10-3-4-18-8-10/h1-2,5,10,15H,3-4,6-8,14H2. The zero-order chi connectivity index (χ0) is 13.9. The first-order valence-corrected chi connectivity index (χ1v) is 9.52. The van der Waals surface area contributed by atoms with Gasteiger partial charge < -0.3 is 5.73 Å². The van der Waals surface area contributed by atoms with E-state index in [0.717, 1.165) is 23.5 Å². The number of hydrogen-bond donors (Lipinski definition) is 2. The van der Waals surface area contributed by atoms with Gasteiger partial charge in [0.05, 0.1) is 4.90 Å². The molecule has 0 saturated carbocycles.